The van der Waals surface area contributed by atoms with Crippen molar-refractivity contribution in [1.29, 1.82) is 0 Å². The highest BCUT2D eigenvalue weighted by Gasteiger charge is 2.25. The highest BCUT2D eigenvalue weighted by Crippen LogP contribution is 2.28. The Labute approximate surface area is 166 Å². The molecule has 1 aromatic carbocycles. The predicted molar refractivity (Wildman–Crippen MR) is 107 cm³/mol. The molecule has 7 heteroatoms. The van der Waals surface area contributed by atoms with Crippen LogP contribution in [0.4, 0.5) is 10.1 Å². The smallest absolute Gasteiger partial charge is 0.289 e. The lowest BCUT2D eigenvalue weighted by Gasteiger charge is -2.35. The highest BCUT2D eigenvalue weighted by molar-refractivity contribution is 5.91. The molecule has 1 aliphatic rings. The number of piperazine rings is 1. The van der Waals surface area contributed by atoms with Gasteiger partial charge in [-0.15, -0.1) is 0 Å². The number of carbonyl (C=O) groups is 1. The van der Waals surface area contributed by atoms with E-state index >= 15 is 0 Å². The second kappa shape index (κ2) is 7.09. The SMILES string of the molecule is O=C(c1ccco1)N1CCN(c2cnn3ccc(-c4ccc(F)cc4)cc23)CC1. The third-order valence-corrected chi connectivity index (χ3v) is 5.32. The topological polar surface area (TPSA) is 54.0 Å². The van der Waals surface area contributed by atoms with E-state index in [2.05, 4.69) is 16.1 Å². The number of anilines is 1. The Morgan fingerprint density at radius 3 is 2.52 bits per heavy atom. The summed E-state index contributed by atoms with van der Waals surface area (Å²) in [7, 11) is 0. The molecule has 1 saturated heterocycles. The first-order valence-corrected chi connectivity index (χ1v) is 9.50. The number of hydrogen-bond donors (Lipinski definition) is 0. The molecule has 0 saturated carbocycles. The summed E-state index contributed by atoms with van der Waals surface area (Å²) in [6, 6.07) is 13.9. The van der Waals surface area contributed by atoms with Crippen molar-refractivity contribution in [3.8, 4) is 11.1 Å². The first kappa shape index (κ1) is 17.5. The molecule has 4 aromatic rings. The van der Waals surface area contributed by atoms with Gasteiger partial charge >= 0.3 is 0 Å². The molecule has 5 rings (SSSR count). The van der Waals surface area contributed by atoms with Crippen LogP contribution in [-0.2, 0) is 0 Å². The predicted octanol–water partition coefficient (Wildman–Crippen LogP) is 3.70. The number of halogens is 1. The fourth-order valence-electron chi connectivity index (χ4n) is 3.74. The van der Waals surface area contributed by atoms with E-state index in [0.717, 1.165) is 22.3 Å². The zero-order valence-corrected chi connectivity index (χ0v) is 15.7. The van der Waals surface area contributed by atoms with E-state index in [0.29, 0.717) is 31.9 Å². The summed E-state index contributed by atoms with van der Waals surface area (Å²) in [5.74, 6) is 0.0494. The molecule has 29 heavy (non-hydrogen) atoms. The number of fused-ring (bicyclic) bond motifs is 1. The molecule has 1 aliphatic heterocycles. The van der Waals surface area contributed by atoms with Crippen molar-refractivity contribution in [2.45, 2.75) is 0 Å². The maximum atomic E-state index is 13.2. The van der Waals surface area contributed by atoms with Gasteiger partial charge in [0, 0.05) is 32.4 Å². The van der Waals surface area contributed by atoms with Crippen molar-refractivity contribution in [3.05, 3.63) is 78.8 Å². The average Bonchev–Trinajstić information content (AvgIpc) is 3.44. The summed E-state index contributed by atoms with van der Waals surface area (Å²) in [6.45, 7) is 2.67. The van der Waals surface area contributed by atoms with Crippen molar-refractivity contribution in [3.63, 3.8) is 0 Å². The van der Waals surface area contributed by atoms with Crippen LogP contribution in [0, 0.1) is 5.82 Å². The largest absolute Gasteiger partial charge is 0.459 e. The van der Waals surface area contributed by atoms with Crippen molar-refractivity contribution in [1.82, 2.24) is 14.5 Å². The molecular weight excluding hydrogens is 371 g/mol. The quantitative estimate of drug-likeness (QED) is 0.535. The van der Waals surface area contributed by atoms with Crippen LogP contribution in [0.1, 0.15) is 10.6 Å². The summed E-state index contributed by atoms with van der Waals surface area (Å²) in [6.07, 6.45) is 5.28. The fourth-order valence-corrected chi connectivity index (χ4v) is 3.74. The molecule has 4 heterocycles. The third-order valence-electron chi connectivity index (χ3n) is 5.32. The number of hydrogen-bond acceptors (Lipinski definition) is 4. The number of benzene rings is 1. The van der Waals surface area contributed by atoms with E-state index in [-0.39, 0.29) is 11.7 Å². The molecule has 0 aliphatic carbocycles. The van der Waals surface area contributed by atoms with Gasteiger partial charge < -0.3 is 14.2 Å². The maximum absolute atomic E-state index is 13.2. The maximum Gasteiger partial charge on any atom is 0.289 e. The summed E-state index contributed by atoms with van der Waals surface area (Å²) >= 11 is 0. The van der Waals surface area contributed by atoms with E-state index in [9.17, 15) is 9.18 Å². The number of aromatic nitrogens is 2. The van der Waals surface area contributed by atoms with Crippen LogP contribution in [-0.4, -0.2) is 46.6 Å². The molecule has 1 amide bonds. The normalized spacial score (nSPS) is 14.5. The molecule has 6 nitrogen and oxygen atoms in total. The number of furan rings is 1. The summed E-state index contributed by atoms with van der Waals surface area (Å²) < 4.78 is 20.3. The van der Waals surface area contributed by atoms with Gasteiger partial charge in [0.1, 0.15) is 5.82 Å². The van der Waals surface area contributed by atoms with Gasteiger partial charge in [0.25, 0.3) is 5.91 Å². The minimum atomic E-state index is -0.248. The Bertz CT molecular complexity index is 1140. The Hall–Kier alpha value is -3.61. The minimum Gasteiger partial charge on any atom is -0.459 e. The molecule has 0 atom stereocenters. The van der Waals surface area contributed by atoms with Crippen LogP contribution < -0.4 is 4.90 Å². The zero-order valence-electron chi connectivity index (χ0n) is 15.7. The van der Waals surface area contributed by atoms with Crippen LogP contribution in [0.15, 0.2) is 71.6 Å². The minimum absolute atomic E-state index is 0.0758. The number of rotatable bonds is 3. The molecular formula is C22H19FN4O2. The van der Waals surface area contributed by atoms with E-state index in [1.54, 1.807) is 24.3 Å². The lowest BCUT2D eigenvalue weighted by molar-refractivity contribution is 0.0715. The van der Waals surface area contributed by atoms with Gasteiger partial charge in [-0.05, 0) is 47.5 Å². The van der Waals surface area contributed by atoms with Gasteiger partial charge in [0.15, 0.2) is 5.76 Å². The first-order chi connectivity index (χ1) is 14.2. The van der Waals surface area contributed by atoms with Crippen molar-refractivity contribution >= 4 is 17.1 Å². The molecule has 0 radical (unpaired) electrons. The molecule has 0 spiro atoms. The van der Waals surface area contributed by atoms with Crippen LogP contribution in [0.25, 0.3) is 16.6 Å². The average molecular weight is 390 g/mol. The number of nitrogens with zero attached hydrogens (tertiary/aromatic N) is 4. The van der Waals surface area contributed by atoms with Crippen LogP contribution in [0.3, 0.4) is 0 Å². The van der Waals surface area contributed by atoms with Gasteiger partial charge in [-0.1, -0.05) is 12.1 Å². The Morgan fingerprint density at radius 1 is 1.00 bits per heavy atom. The second-order valence-electron chi connectivity index (χ2n) is 7.04. The van der Waals surface area contributed by atoms with Crippen LogP contribution in [0.2, 0.25) is 0 Å². The van der Waals surface area contributed by atoms with Crippen molar-refractivity contribution in [2.75, 3.05) is 31.1 Å². The fraction of sp³-hybridized carbons (Fsp3) is 0.182. The van der Waals surface area contributed by atoms with Crippen molar-refractivity contribution < 1.29 is 13.6 Å². The van der Waals surface area contributed by atoms with E-state index in [1.165, 1.54) is 18.4 Å². The summed E-state index contributed by atoms with van der Waals surface area (Å²) in [5.41, 5.74) is 3.97. The zero-order chi connectivity index (χ0) is 19.8. The van der Waals surface area contributed by atoms with Gasteiger partial charge in [-0.25, -0.2) is 8.91 Å². The van der Waals surface area contributed by atoms with Gasteiger partial charge in [0.2, 0.25) is 0 Å². The van der Waals surface area contributed by atoms with Crippen molar-refractivity contribution in [2.24, 2.45) is 0 Å². The lowest BCUT2D eigenvalue weighted by Crippen LogP contribution is -2.48. The Balaban J connectivity index is 1.37. The molecule has 1 fully saturated rings. The number of pyridine rings is 1. The first-order valence-electron chi connectivity index (χ1n) is 9.50. The Kier molecular flexibility index (Phi) is 4.27. The van der Waals surface area contributed by atoms with Gasteiger partial charge in [0.05, 0.1) is 23.7 Å². The second-order valence-corrected chi connectivity index (χ2v) is 7.04. The van der Waals surface area contributed by atoms with Crippen LogP contribution in [0.5, 0.6) is 0 Å². The Morgan fingerprint density at radius 2 is 1.79 bits per heavy atom. The van der Waals surface area contributed by atoms with Crippen LogP contribution >= 0.6 is 0 Å². The van der Waals surface area contributed by atoms with Gasteiger partial charge in [-0.2, -0.15) is 5.10 Å². The molecule has 3 aromatic heterocycles. The molecule has 0 bridgehead atoms. The molecule has 0 unspecified atom stereocenters. The number of carbonyl (C=O) groups excluding carboxylic acids is 1. The summed E-state index contributed by atoms with van der Waals surface area (Å²) in [4.78, 5) is 16.5. The van der Waals surface area contributed by atoms with E-state index in [1.807, 2.05) is 27.9 Å². The third kappa shape index (κ3) is 3.24. The molecule has 146 valence electrons. The standard InChI is InChI=1S/C22H19FN4O2/c23-18-5-3-16(4-6-18)17-7-8-27-19(14-17)20(15-24-27)25-9-11-26(12-10-25)22(28)21-2-1-13-29-21/h1-8,13-15H,9-12H2. The number of amides is 1. The monoisotopic (exact) mass is 390 g/mol. The highest BCUT2D eigenvalue weighted by atomic mass is 19.1. The van der Waals surface area contributed by atoms with E-state index in [4.69, 9.17) is 4.42 Å². The van der Waals surface area contributed by atoms with E-state index < -0.39 is 0 Å². The summed E-state index contributed by atoms with van der Waals surface area (Å²) in [5, 5.41) is 4.46. The van der Waals surface area contributed by atoms with Gasteiger partial charge in [-0.3, -0.25) is 4.79 Å². The molecule has 0 N–H and O–H groups in total. The lowest BCUT2D eigenvalue weighted by atomic mass is 10.1.